The number of aliphatic hydroxyl groups excluding tert-OH is 1. The summed E-state index contributed by atoms with van der Waals surface area (Å²) < 4.78 is 19.6. The second-order valence-electron chi connectivity index (χ2n) is 13.0. The maximum atomic E-state index is 13.9. The minimum absolute atomic E-state index is 0.0497. The van der Waals surface area contributed by atoms with Gasteiger partial charge in [-0.15, -0.1) is 0 Å². The van der Waals surface area contributed by atoms with E-state index in [1.54, 1.807) is 17.0 Å². The molecule has 3 N–H and O–H groups in total. The number of ether oxygens (including phenoxy) is 1. The van der Waals surface area contributed by atoms with E-state index in [4.69, 9.17) is 4.74 Å². The second-order valence-corrected chi connectivity index (χ2v) is 13.0. The van der Waals surface area contributed by atoms with Gasteiger partial charge in [0.15, 0.2) is 12.4 Å². The highest BCUT2D eigenvalue weighted by Gasteiger charge is 2.35. The van der Waals surface area contributed by atoms with Crippen molar-refractivity contribution >= 4 is 17.7 Å². The van der Waals surface area contributed by atoms with Crippen LogP contribution < -0.4 is 15.4 Å². The van der Waals surface area contributed by atoms with Gasteiger partial charge in [-0.05, 0) is 85.8 Å². The Morgan fingerprint density at radius 3 is 2.26 bits per heavy atom. The lowest BCUT2D eigenvalue weighted by Gasteiger charge is -2.37. The highest BCUT2D eigenvalue weighted by Crippen LogP contribution is 2.26. The Kier molecular flexibility index (Phi) is 12.9. The van der Waals surface area contributed by atoms with Gasteiger partial charge in [0, 0.05) is 19.5 Å². The number of carbonyl (C=O) groups excluding carboxylic acids is 3. The first-order valence-electron chi connectivity index (χ1n) is 16.5. The van der Waals surface area contributed by atoms with Crippen molar-refractivity contribution < 1.29 is 28.6 Å². The molecular weight excluding hydrogens is 597 g/mol. The van der Waals surface area contributed by atoms with E-state index in [-0.39, 0.29) is 55.3 Å². The fourth-order valence-electron chi connectivity index (χ4n) is 6.49. The lowest BCUT2D eigenvalue weighted by atomic mass is 9.83. The van der Waals surface area contributed by atoms with Crippen molar-refractivity contribution in [2.75, 3.05) is 19.7 Å². The summed E-state index contributed by atoms with van der Waals surface area (Å²) in [5.74, 6) is -0.539. The zero-order valence-corrected chi connectivity index (χ0v) is 27.9. The number of para-hydroxylation sites is 1. The van der Waals surface area contributed by atoms with Crippen LogP contribution >= 0.6 is 0 Å². The van der Waals surface area contributed by atoms with E-state index < -0.39 is 24.1 Å². The van der Waals surface area contributed by atoms with Gasteiger partial charge in [-0.2, -0.15) is 0 Å². The van der Waals surface area contributed by atoms with E-state index >= 15 is 0 Å². The van der Waals surface area contributed by atoms with E-state index in [0.717, 1.165) is 28.7 Å². The van der Waals surface area contributed by atoms with Crippen molar-refractivity contribution in [1.29, 1.82) is 0 Å². The molecule has 1 heterocycles. The number of Topliss-reactive ketones (excluding diaryl/α,β-unsaturated/α-hetero) is 1. The molecule has 1 fully saturated rings. The zero-order chi connectivity index (χ0) is 33.9. The molecule has 3 aromatic rings. The predicted molar refractivity (Wildman–Crippen MR) is 181 cm³/mol. The van der Waals surface area contributed by atoms with E-state index in [9.17, 15) is 23.9 Å². The SMILES string of the molecule is Cc1cccc(C)c1OCC(=O)N[C@@H](Cc1ccc(F)cc1)[C@@H](O)C[C@@H](CC(=O)[C@H](C(C)C)N1CCCNC1=O)Cc1ccccc1. The van der Waals surface area contributed by atoms with Gasteiger partial charge >= 0.3 is 6.03 Å². The zero-order valence-electron chi connectivity index (χ0n) is 27.9. The molecule has 0 saturated carbocycles. The van der Waals surface area contributed by atoms with Crippen molar-refractivity contribution in [2.45, 2.75) is 78.0 Å². The van der Waals surface area contributed by atoms with Gasteiger partial charge in [-0.3, -0.25) is 9.59 Å². The summed E-state index contributed by atoms with van der Waals surface area (Å²) in [5, 5.41) is 17.5. The second kappa shape index (κ2) is 17.1. The number of nitrogens with one attached hydrogen (secondary N) is 2. The predicted octanol–water partition coefficient (Wildman–Crippen LogP) is 5.56. The molecule has 1 saturated heterocycles. The van der Waals surface area contributed by atoms with E-state index in [1.165, 1.54) is 12.1 Å². The maximum Gasteiger partial charge on any atom is 0.318 e. The maximum absolute atomic E-state index is 13.9. The van der Waals surface area contributed by atoms with Crippen molar-refractivity contribution in [1.82, 2.24) is 15.5 Å². The Labute approximate surface area is 277 Å². The average Bonchev–Trinajstić information content (AvgIpc) is 3.03. The summed E-state index contributed by atoms with van der Waals surface area (Å²) in [7, 11) is 0. The first-order valence-corrected chi connectivity index (χ1v) is 16.5. The van der Waals surface area contributed by atoms with Crippen molar-refractivity contribution in [3.63, 3.8) is 0 Å². The van der Waals surface area contributed by atoms with Crippen LogP contribution in [0.15, 0.2) is 72.8 Å². The Hall–Kier alpha value is -4.24. The quantitative estimate of drug-likeness (QED) is 0.189. The molecule has 0 spiro atoms. The average molecular weight is 646 g/mol. The Morgan fingerprint density at radius 1 is 0.957 bits per heavy atom. The number of benzene rings is 3. The number of aliphatic hydroxyl groups is 1. The molecule has 4 atom stereocenters. The van der Waals surface area contributed by atoms with Crippen LogP contribution in [0.2, 0.25) is 0 Å². The fourth-order valence-corrected chi connectivity index (χ4v) is 6.49. The highest BCUT2D eigenvalue weighted by atomic mass is 19.1. The van der Waals surface area contributed by atoms with Crippen LogP contribution in [-0.2, 0) is 22.4 Å². The van der Waals surface area contributed by atoms with Crippen molar-refractivity contribution in [2.24, 2.45) is 11.8 Å². The number of hydrogen-bond donors (Lipinski definition) is 3. The van der Waals surface area contributed by atoms with E-state index in [0.29, 0.717) is 25.3 Å². The summed E-state index contributed by atoms with van der Waals surface area (Å²) in [4.78, 5) is 41.5. The van der Waals surface area contributed by atoms with Crippen LogP contribution in [0, 0.1) is 31.5 Å². The summed E-state index contributed by atoms with van der Waals surface area (Å²) in [6.07, 6.45) is 0.916. The lowest BCUT2D eigenvalue weighted by Crippen LogP contribution is -2.55. The van der Waals surface area contributed by atoms with Gasteiger partial charge in [0.05, 0.1) is 18.2 Å². The molecule has 3 aromatic carbocycles. The van der Waals surface area contributed by atoms with Crippen molar-refractivity contribution in [3.8, 4) is 5.75 Å². The molecule has 3 amide bonds. The fraction of sp³-hybridized carbons (Fsp3) is 0.447. The van der Waals surface area contributed by atoms with E-state index in [1.807, 2.05) is 76.2 Å². The number of nitrogens with zero attached hydrogens (tertiary/aromatic N) is 1. The molecule has 0 unspecified atom stereocenters. The van der Waals surface area contributed by atoms with Crippen LogP contribution in [0.5, 0.6) is 5.75 Å². The Bertz CT molecular complexity index is 1460. The lowest BCUT2D eigenvalue weighted by molar-refractivity contribution is -0.127. The third-order valence-corrected chi connectivity index (χ3v) is 8.78. The molecule has 252 valence electrons. The monoisotopic (exact) mass is 645 g/mol. The Balaban J connectivity index is 1.54. The Morgan fingerprint density at radius 2 is 1.62 bits per heavy atom. The largest absolute Gasteiger partial charge is 0.483 e. The third kappa shape index (κ3) is 10.4. The molecule has 8 nitrogen and oxygen atoms in total. The molecule has 0 aliphatic carbocycles. The van der Waals surface area contributed by atoms with Crippen LogP contribution in [0.3, 0.4) is 0 Å². The molecule has 1 aliphatic heterocycles. The van der Waals surface area contributed by atoms with Crippen LogP contribution in [-0.4, -0.2) is 65.6 Å². The minimum Gasteiger partial charge on any atom is -0.483 e. The summed E-state index contributed by atoms with van der Waals surface area (Å²) >= 11 is 0. The van der Waals surface area contributed by atoms with E-state index in [2.05, 4.69) is 10.6 Å². The third-order valence-electron chi connectivity index (χ3n) is 8.78. The molecule has 0 radical (unpaired) electrons. The number of carbonyl (C=O) groups is 3. The summed E-state index contributed by atoms with van der Waals surface area (Å²) in [5.41, 5.74) is 3.60. The van der Waals surface area contributed by atoms with Gasteiger partial charge in [0.1, 0.15) is 11.6 Å². The smallest absolute Gasteiger partial charge is 0.318 e. The van der Waals surface area contributed by atoms with Gasteiger partial charge < -0.3 is 25.4 Å². The summed E-state index contributed by atoms with van der Waals surface area (Å²) in [6, 6.07) is 20.0. The van der Waals surface area contributed by atoms with Gasteiger partial charge in [0.25, 0.3) is 5.91 Å². The molecule has 0 bridgehead atoms. The standard InChI is InChI=1S/C38H48FN3O5/c1-25(2)36(42-19-9-18-40-38(42)46)34(44)23-30(20-28-12-6-5-7-13-28)22-33(43)32(21-29-14-16-31(39)17-15-29)41-35(45)24-47-37-26(3)10-8-11-27(37)4/h5-8,10-17,25,30,32-33,36,43H,9,18-24H2,1-4H3,(H,40,46)(H,41,45)/t30-,32-,33-,36-/m0/s1. The number of amides is 3. The molecule has 4 rings (SSSR count). The van der Waals surface area contributed by atoms with Gasteiger partial charge in [-0.1, -0.05) is 74.5 Å². The number of hydrogen-bond acceptors (Lipinski definition) is 5. The molecule has 0 aromatic heterocycles. The normalized spacial score (nSPS) is 15.8. The van der Waals surface area contributed by atoms with Crippen LogP contribution in [0.25, 0.3) is 0 Å². The molecular formula is C38H48FN3O5. The van der Waals surface area contributed by atoms with Gasteiger partial charge in [0.2, 0.25) is 0 Å². The first kappa shape index (κ1) is 35.6. The van der Waals surface area contributed by atoms with Crippen LogP contribution in [0.1, 0.15) is 55.4 Å². The van der Waals surface area contributed by atoms with Crippen molar-refractivity contribution in [3.05, 3.63) is 101 Å². The molecule has 47 heavy (non-hydrogen) atoms. The number of halogens is 1. The van der Waals surface area contributed by atoms with Gasteiger partial charge in [-0.25, -0.2) is 9.18 Å². The topological polar surface area (TPSA) is 108 Å². The molecule has 9 heteroatoms. The first-order chi connectivity index (χ1) is 22.5. The summed E-state index contributed by atoms with van der Waals surface area (Å²) in [6.45, 7) is 8.59. The number of rotatable bonds is 16. The number of urea groups is 1. The molecule has 1 aliphatic rings. The minimum atomic E-state index is -1.03. The highest BCUT2D eigenvalue weighted by molar-refractivity contribution is 5.89. The van der Waals surface area contributed by atoms with Crippen LogP contribution in [0.4, 0.5) is 9.18 Å². The number of ketones is 1. The number of aryl methyl sites for hydroxylation is 2.